The Labute approximate surface area is 176 Å². The van der Waals surface area contributed by atoms with Gasteiger partial charge in [0, 0.05) is 30.1 Å². The Hall–Kier alpha value is -3.44. The lowest BCUT2D eigenvalue weighted by atomic mass is 9.95. The van der Waals surface area contributed by atoms with Gasteiger partial charge < -0.3 is 25.4 Å². The van der Waals surface area contributed by atoms with E-state index in [2.05, 4.69) is 15.6 Å². The van der Waals surface area contributed by atoms with Crippen molar-refractivity contribution in [1.29, 1.82) is 0 Å². The third-order valence-electron chi connectivity index (χ3n) is 5.75. The number of aliphatic hydroxyl groups is 1. The number of nitrogens with two attached hydrogens (primary N) is 1. The number of hydrogen-bond acceptors (Lipinski definition) is 8. The van der Waals surface area contributed by atoms with E-state index in [1.165, 1.54) is 17.9 Å². The molecule has 31 heavy (non-hydrogen) atoms. The van der Waals surface area contributed by atoms with Crippen molar-refractivity contribution in [2.75, 3.05) is 29.1 Å². The van der Waals surface area contributed by atoms with Crippen molar-refractivity contribution in [3.8, 4) is 0 Å². The van der Waals surface area contributed by atoms with Crippen LogP contribution in [0.4, 0.5) is 17.3 Å². The van der Waals surface area contributed by atoms with Gasteiger partial charge in [-0.25, -0.2) is 0 Å². The molecule has 0 bridgehead atoms. The summed E-state index contributed by atoms with van der Waals surface area (Å²) in [6.07, 6.45) is 0.572. The summed E-state index contributed by atoms with van der Waals surface area (Å²) in [7, 11) is 0. The van der Waals surface area contributed by atoms with E-state index in [-0.39, 0.29) is 12.4 Å². The average molecular weight is 426 g/mol. The van der Waals surface area contributed by atoms with Gasteiger partial charge in [-0.1, -0.05) is 5.16 Å². The molecule has 0 radical (unpaired) electrons. The molecule has 0 saturated carbocycles. The molecule has 4 heterocycles. The Balaban J connectivity index is 1.35. The van der Waals surface area contributed by atoms with E-state index in [9.17, 15) is 14.7 Å². The van der Waals surface area contributed by atoms with Crippen LogP contribution in [0.5, 0.6) is 0 Å². The van der Waals surface area contributed by atoms with Crippen LogP contribution >= 0.6 is 0 Å². The van der Waals surface area contributed by atoms with E-state index in [0.29, 0.717) is 29.0 Å². The SMILES string of the molecule is CC(O)(C(=O)Nc1ccc2c(N)noc2c1)C1OCCN(c2cc3n(n2)CCC3)C1=O. The van der Waals surface area contributed by atoms with Crippen LogP contribution in [-0.4, -0.2) is 56.7 Å². The number of aromatic nitrogens is 3. The molecule has 4 N–H and O–H groups in total. The number of morpholine rings is 1. The van der Waals surface area contributed by atoms with Crippen molar-refractivity contribution in [3.63, 3.8) is 0 Å². The average Bonchev–Trinajstić information content (AvgIpc) is 3.43. The maximum Gasteiger partial charge on any atom is 0.260 e. The second kappa shape index (κ2) is 7.06. The molecular formula is C20H22N6O5. The van der Waals surface area contributed by atoms with Crippen LogP contribution in [0.1, 0.15) is 19.0 Å². The van der Waals surface area contributed by atoms with Crippen LogP contribution in [0, 0.1) is 0 Å². The zero-order chi connectivity index (χ0) is 21.8. The Morgan fingerprint density at radius 2 is 2.19 bits per heavy atom. The number of carbonyl (C=O) groups is 2. The number of amides is 2. The molecule has 3 aromatic rings. The van der Waals surface area contributed by atoms with Gasteiger partial charge in [-0.15, -0.1) is 0 Å². The lowest BCUT2D eigenvalue weighted by Crippen LogP contribution is -2.61. The van der Waals surface area contributed by atoms with Gasteiger partial charge in [-0.2, -0.15) is 5.10 Å². The molecular weight excluding hydrogens is 404 g/mol. The van der Waals surface area contributed by atoms with Crippen LogP contribution in [0.15, 0.2) is 28.8 Å². The predicted octanol–water partition coefficient (Wildman–Crippen LogP) is 0.674. The number of aryl methyl sites for hydroxylation is 2. The standard InChI is InChI=1S/C20H22N6O5/c1-20(29,19(28)22-11-4-5-13-14(9-11)31-24-17(13)21)16-18(27)25(7-8-30-16)15-10-12-3-2-6-26(12)23-15/h4-5,9-10,16,29H,2-3,6-8H2,1H3,(H2,21,24)(H,22,28). The highest BCUT2D eigenvalue weighted by Gasteiger charge is 2.49. The summed E-state index contributed by atoms with van der Waals surface area (Å²) in [5, 5.41) is 22.3. The largest absolute Gasteiger partial charge is 0.380 e. The van der Waals surface area contributed by atoms with Gasteiger partial charge in [-0.3, -0.25) is 19.2 Å². The monoisotopic (exact) mass is 426 g/mol. The van der Waals surface area contributed by atoms with E-state index in [4.69, 9.17) is 15.0 Å². The quantitative estimate of drug-likeness (QED) is 0.551. The van der Waals surface area contributed by atoms with E-state index in [1.54, 1.807) is 12.1 Å². The van der Waals surface area contributed by atoms with E-state index in [0.717, 1.165) is 25.1 Å². The van der Waals surface area contributed by atoms with Crippen LogP contribution in [0.25, 0.3) is 11.0 Å². The van der Waals surface area contributed by atoms with Gasteiger partial charge in [-0.05, 0) is 31.9 Å². The molecule has 2 aromatic heterocycles. The molecule has 2 aliphatic rings. The molecule has 2 aliphatic heterocycles. The molecule has 0 aliphatic carbocycles. The predicted molar refractivity (Wildman–Crippen MR) is 110 cm³/mol. The zero-order valence-corrected chi connectivity index (χ0v) is 16.9. The molecule has 2 amide bonds. The second-order valence-electron chi connectivity index (χ2n) is 7.94. The van der Waals surface area contributed by atoms with Crippen LogP contribution < -0.4 is 16.0 Å². The first-order chi connectivity index (χ1) is 14.8. The highest BCUT2D eigenvalue weighted by Crippen LogP contribution is 2.28. The molecule has 11 nitrogen and oxygen atoms in total. The number of rotatable bonds is 4. The molecule has 1 fully saturated rings. The molecule has 1 aromatic carbocycles. The van der Waals surface area contributed by atoms with E-state index >= 15 is 0 Å². The third kappa shape index (κ3) is 3.22. The zero-order valence-electron chi connectivity index (χ0n) is 16.9. The Morgan fingerprint density at radius 1 is 1.35 bits per heavy atom. The first-order valence-electron chi connectivity index (χ1n) is 10.0. The number of benzene rings is 1. The van der Waals surface area contributed by atoms with Crippen molar-refractivity contribution in [1.82, 2.24) is 14.9 Å². The molecule has 0 spiro atoms. The van der Waals surface area contributed by atoms with Crippen molar-refractivity contribution < 1.29 is 24.0 Å². The smallest absolute Gasteiger partial charge is 0.260 e. The lowest BCUT2D eigenvalue weighted by Gasteiger charge is -2.37. The van der Waals surface area contributed by atoms with Crippen molar-refractivity contribution in [2.24, 2.45) is 0 Å². The highest BCUT2D eigenvalue weighted by molar-refractivity contribution is 6.06. The summed E-state index contributed by atoms with van der Waals surface area (Å²) in [4.78, 5) is 27.4. The number of carbonyl (C=O) groups excluding carboxylic acids is 2. The third-order valence-corrected chi connectivity index (χ3v) is 5.75. The normalized spacial score (nSPS) is 20.6. The maximum absolute atomic E-state index is 13.1. The Morgan fingerprint density at radius 3 is 3.00 bits per heavy atom. The van der Waals surface area contributed by atoms with Gasteiger partial charge in [0.2, 0.25) is 0 Å². The van der Waals surface area contributed by atoms with Gasteiger partial charge >= 0.3 is 0 Å². The van der Waals surface area contributed by atoms with Crippen LogP contribution in [-0.2, 0) is 27.3 Å². The molecule has 1 saturated heterocycles. The maximum atomic E-state index is 13.1. The van der Waals surface area contributed by atoms with E-state index < -0.39 is 23.5 Å². The number of nitrogens with zero attached hydrogens (tertiary/aromatic N) is 4. The minimum atomic E-state index is -2.12. The van der Waals surface area contributed by atoms with E-state index in [1.807, 2.05) is 10.7 Å². The summed E-state index contributed by atoms with van der Waals surface area (Å²) in [5.74, 6) is -0.544. The summed E-state index contributed by atoms with van der Waals surface area (Å²) in [6.45, 7) is 2.55. The Bertz CT molecular complexity index is 1160. The minimum Gasteiger partial charge on any atom is -0.380 e. The van der Waals surface area contributed by atoms with Crippen molar-refractivity contribution >= 4 is 40.1 Å². The summed E-state index contributed by atoms with van der Waals surface area (Å²) in [5.41, 5.74) is 5.40. The van der Waals surface area contributed by atoms with Gasteiger partial charge in [0.15, 0.2) is 28.9 Å². The van der Waals surface area contributed by atoms with Gasteiger partial charge in [0.05, 0.1) is 18.5 Å². The number of nitrogens with one attached hydrogen (secondary N) is 1. The Kier molecular flexibility index (Phi) is 4.45. The van der Waals surface area contributed by atoms with Crippen molar-refractivity contribution in [3.05, 3.63) is 30.0 Å². The molecule has 2 unspecified atom stereocenters. The minimum absolute atomic E-state index is 0.172. The molecule has 162 valence electrons. The number of anilines is 3. The van der Waals surface area contributed by atoms with Gasteiger partial charge in [0.25, 0.3) is 11.8 Å². The summed E-state index contributed by atoms with van der Waals surface area (Å²) < 4.78 is 12.5. The molecule has 5 rings (SSSR count). The molecule has 11 heteroatoms. The number of hydrogen-bond donors (Lipinski definition) is 3. The topological polar surface area (TPSA) is 149 Å². The fourth-order valence-corrected chi connectivity index (χ4v) is 4.00. The van der Waals surface area contributed by atoms with Crippen molar-refractivity contribution in [2.45, 2.75) is 38.0 Å². The summed E-state index contributed by atoms with van der Waals surface area (Å²) >= 11 is 0. The van der Waals surface area contributed by atoms with Crippen LogP contribution in [0.2, 0.25) is 0 Å². The highest BCUT2D eigenvalue weighted by atomic mass is 16.5. The first kappa shape index (κ1) is 19.5. The fourth-order valence-electron chi connectivity index (χ4n) is 4.00. The molecule has 2 atom stereocenters. The number of ether oxygens (including phenoxy) is 1. The fraction of sp³-hybridized carbons (Fsp3) is 0.400. The number of fused-ring (bicyclic) bond motifs is 2. The second-order valence-corrected chi connectivity index (χ2v) is 7.94. The first-order valence-corrected chi connectivity index (χ1v) is 10.0. The number of nitrogen functional groups attached to an aromatic ring is 1. The van der Waals surface area contributed by atoms with Gasteiger partial charge in [0.1, 0.15) is 0 Å². The van der Waals surface area contributed by atoms with Crippen LogP contribution in [0.3, 0.4) is 0 Å². The lowest BCUT2D eigenvalue weighted by molar-refractivity contribution is -0.165. The summed E-state index contributed by atoms with van der Waals surface area (Å²) in [6, 6.07) is 6.66.